The van der Waals surface area contributed by atoms with Gasteiger partial charge in [0.2, 0.25) is 5.91 Å². The number of carbonyl (C=O) groups excluding carboxylic acids is 1. The van der Waals surface area contributed by atoms with Gasteiger partial charge < -0.3 is 30.4 Å². The summed E-state index contributed by atoms with van der Waals surface area (Å²) in [6.45, 7) is 2.12. The van der Waals surface area contributed by atoms with Crippen LogP contribution in [-0.4, -0.2) is 37.0 Å². The van der Waals surface area contributed by atoms with Gasteiger partial charge in [0.25, 0.3) is 0 Å². The van der Waals surface area contributed by atoms with Crippen molar-refractivity contribution in [3.8, 4) is 17.2 Å². The van der Waals surface area contributed by atoms with Crippen molar-refractivity contribution in [1.82, 2.24) is 4.90 Å². The summed E-state index contributed by atoms with van der Waals surface area (Å²) in [6.07, 6.45) is 8.98. The molecule has 0 bridgehead atoms. The van der Waals surface area contributed by atoms with E-state index in [1.54, 1.807) is 19.2 Å². The first-order valence-electron chi connectivity index (χ1n) is 12.4. The Balaban J connectivity index is 1.67. The van der Waals surface area contributed by atoms with Crippen molar-refractivity contribution < 1.29 is 14.3 Å². The van der Waals surface area contributed by atoms with Crippen LogP contribution >= 0.6 is 0 Å². The molecule has 186 valence electrons. The van der Waals surface area contributed by atoms with Crippen molar-refractivity contribution in [1.29, 1.82) is 0 Å². The summed E-state index contributed by atoms with van der Waals surface area (Å²) in [6, 6.07) is 13.1. The minimum Gasteiger partial charge on any atom is -0.761 e. The molecule has 1 aliphatic carbocycles. The average Bonchev–Trinajstić information content (AvgIpc) is 2.87. The molecule has 0 aliphatic heterocycles. The summed E-state index contributed by atoms with van der Waals surface area (Å²) in [4.78, 5) is 14.8. The summed E-state index contributed by atoms with van der Waals surface area (Å²) in [7, 11) is 3.54. The average molecular weight is 469 g/mol. The first-order valence-corrected chi connectivity index (χ1v) is 12.4. The number of carbonyl (C=O) groups is 1. The predicted octanol–water partition coefficient (Wildman–Crippen LogP) is 6.55. The van der Waals surface area contributed by atoms with E-state index in [-0.39, 0.29) is 11.9 Å². The molecular weight excluding hydrogens is 430 g/mol. The van der Waals surface area contributed by atoms with Gasteiger partial charge in [-0.25, -0.2) is 0 Å². The highest BCUT2D eigenvalue weighted by atomic mass is 16.5. The van der Waals surface area contributed by atoms with Gasteiger partial charge in [-0.05, 0) is 49.9 Å². The molecular formula is C27H38N3O4-. The fourth-order valence-corrected chi connectivity index (χ4v) is 4.63. The molecule has 2 aromatic rings. The second-order valence-electron chi connectivity index (χ2n) is 9.03. The highest BCUT2D eigenvalue weighted by Gasteiger charge is 2.23. The smallest absolute Gasteiger partial charge is 0.222 e. The largest absolute Gasteiger partial charge is 0.761 e. The number of anilines is 2. The zero-order valence-electron chi connectivity index (χ0n) is 20.6. The van der Waals surface area contributed by atoms with Crippen LogP contribution in [0, 0.1) is 5.21 Å². The normalized spacial score (nSPS) is 14.8. The molecule has 7 nitrogen and oxygen atoms in total. The van der Waals surface area contributed by atoms with Gasteiger partial charge >= 0.3 is 0 Å². The van der Waals surface area contributed by atoms with Gasteiger partial charge in [0.1, 0.15) is 5.75 Å². The summed E-state index contributed by atoms with van der Waals surface area (Å²) in [5.41, 5.74) is 3.12. The third-order valence-corrected chi connectivity index (χ3v) is 6.62. The summed E-state index contributed by atoms with van der Waals surface area (Å²) in [5.74, 6) is 2.02. The van der Waals surface area contributed by atoms with Crippen LogP contribution in [0.1, 0.15) is 64.7 Å². The fourth-order valence-electron chi connectivity index (χ4n) is 4.63. The Kier molecular flexibility index (Phi) is 9.89. The summed E-state index contributed by atoms with van der Waals surface area (Å²) >= 11 is 0. The minimum absolute atomic E-state index is 0.0716. The standard InChI is InChI=1S/C27H38N3O4/c1-4-10-20(15-18-27(31)30(2)21-11-6-5-7-12-21)28-24-19-22(16-17-23(24)29-32)34-26-14-9-8-13-25(26)33-3/h8-9,13-14,16-17,19-21,28-29H,4-7,10-12,15,18H2,1-3H3/q-1. The molecule has 2 aromatic carbocycles. The third-order valence-electron chi connectivity index (χ3n) is 6.62. The number of ether oxygens (including phenoxy) is 2. The van der Waals surface area contributed by atoms with E-state index in [9.17, 15) is 10.0 Å². The number of hydrogen-bond donors (Lipinski definition) is 2. The number of methoxy groups -OCH3 is 1. The van der Waals surface area contributed by atoms with Crippen LogP contribution in [0.15, 0.2) is 42.5 Å². The number of nitrogens with zero attached hydrogens (tertiary/aromatic N) is 1. The predicted molar refractivity (Wildman–Crippen MR) is 138 cm³/mol. The number of para-hydroxylation sites is 2. The highest BCUT2D eigenvalue weighted by Crippen LogP contribution is 2.35. The number of hydrogen-bond acceptors (Lipinski definition) is 6. The lowest BCUT2D eigenvalue weighted by Crippen LogP contribution is -2.38. The van der Waals surface area contributed by atoms with E-state index in [0.29, 0.717) is 47.5 Å². The Bertz CT molecular complexity index is 914. The van der Waals surface area contributed by atoms with Gasteiger partial charge in [-0.2, -0.15) is 0 Å². The number of amides is 1. The number of rotatable bonds is 12. The Morgan fingerprint density at radius 3 is 2.50 bits per heavy atom. The van der Waals surface area contributed by atoms with Crippen molar-refractivity contribution in [2.24, 2.45) is 0 Å². The van der Waals surface area contributed by atoms with Crippen molar-refractivity contribution in [2.75, 3.05) is 25.0 Å². The monoisotopic (exact) mass is 468 g/mol. The molecule has 1 saturated carbocycles. The zero-order chi connectivity index (χ0) is 24.3. The van der Waals surface area contributed by atoms with Crippen molar-refractivity contribution in [3.63, 3.8) is 0 Å². The van der Waals surface area contributed by atoms with Crippen molar-refractivity contribution in [3.05, 3.63) is 47.7 Å². The van der Waals surface area contributed by atoms with Gasteiger partial charge in [-0.15, -0.1) is 0 Å². The van der Waals surface area contributed by atoms with Crippen LogP contribution in [0.2, 0.25) is 0 Å². The SMILES string of the molecule is CCCC(CCC(=O)N(C)C1CCCCC1)Nc1cc(Oc2ccccc2OC)ccc1N[O-]. The van der Waals surface area contributed by atoms with Crippen LogP contribution in [0.3, 0.4) is 0 Å². The highest BCUT2D eigenvalue weighted by molar-refractivity contribution is 5.76. The maximum atomic E-state index is 12.8. The molecule has 2 N–H and O–H groups in total. The van der Waals surface area contributed by atoms with Crippen LogP contribution in [0.25, 0.3) is 0 Å². The fraction of sp³-hybridized carbons (Fsp3) is 0.519. The van der Waals surface area contributed by atoms with Gasteiger partial charge in [-0.3, -0.25) is 4.79 Å². The Hall–Kier alpha value is -2.93. The Morgan fingerprint density at radius 1 is 1.09 bits per heavy atom. The van der Waals surface area contributed by atoms with E-state index in [1.165, 1.54) is 19.3 Å². The van der Waals surface area contributed by atoms with Gasteiger partial charge in [0.15, 0.2) is 11.5 Å². The molecule has 3 rings (SSSR count). The number of benzene rings is 2. The van der Waals surface area contributed by atoms with E-state index < -0.39 is 0 Å². The Labute approximate surface area is 203 Å². The molecule has 1 aliphatic rings. The second kappa shape index (κ2) is 13.1. The third kappa shape index (κ3) is 7.03. The molecule has 7 heteroatoms. The van der Waals surface area contributed by atoms with Gasteiger partial charge in [0, 0.05) is 37.3 Å². The van der Waals surface area contributed by atoms with Crippen molar-refractivity contribution >= 4 is 17.3 Å². The molecule has 0 radical (unpaired) electrons. The van der Waals surface area contributed by atoms with E-state index >= 15 is 0 Å². The molecule has 0 saturated heterocycles. The van der Waals surface area contributed by atoms with E-state index in [4.69, 9.17) is 9.47 Å². The van der Waals surface area contributed by atoms with E-state index in [0.717, 1.165) is 25.7 Å². The molecule has 1 amide bonds. The zero-order valence-corrected chi connectivity index (χ0v) is 20.6. The first kappa shape index (κ1) is 25.7. The summed E-state index contributed by atoms with van der Waals surface area (Å²) < 4.78 is 11.4. The lowest BCUT2D eigenvalue weighted by Gasteiger charge is -2.32. The maximum absolute atomic E-state index is 12.8. The molecule has 34 heavy (non-hydrogen) atoms. The van der Waals surface area contributed by atoms with Crippen LogP contribution in [0.4, 0.5) is 11.4 Å². The first-order chi connectivity index (χ1) is 16.5. The second-order valence-corrected chi connectivity index (χ2v) is 9.03. The van der Waals surface area contributed by atoms with Crippen LogP contribution in [-0.2, 0) is 4.79 Å². The molecule has 1 atom stereocenters. The Morgan fingerprint density at radius 2 is 1.82 bits per heavy atom. The van der Waals surface area contributed by atoms with Crippen LogP contribution in [0.5, 0.6) is 17.2 Å². The molecule has 0 aromatic heterocycles. The van der Waals surface area contributed by atoms with Gasteiger partial charge in [0.05, 0.1) is 12.8 Å². The molecule has 1 unspecified atom stereocenters. The lowest BCUT2D eigenvalue weighted by atomic mass is 9.94. The lowest BCUT2D eigenvalue weighted by molar-refractivity contribution is -0.132. The number of nitrogens with one attached hydrogen (secondary N) is 2. The minimum atomic E-state index is 0.0716. The maximum Gasteiger partial charge on any atom is 0.222 e. The quantitative estimate of drug-likeness (QED) is 0.344. The van der Waals surface area contributed by atoms with Crippen LogP contribution < -0.4 is 20.3 Å². The molecule has 0 spiro atoms. The molecule has 1 fully saturated rings. The summed E-state index contributed by atoms with van der Waals surface area (Å²) in [5, 5.41) is 15.1. The molecule has 0 heterocycles. The van der Waals surface area contributed by atoms with Crippen molar-refractivity contribution in [2.45, 2.75) is 76.8 Å². The van der Waals surface area contributed by atoms with Gasteiger partial charge in [-0.1, -0.05) is 44.7 Å². The van der Waals surface area contributed by atoms with E-state index in [1.807, 2.05) is 47.8 Å². The topological polar surface area (TPSA) is 85.9 Å². The van der Waals surface area contributed by atoms with E-state index in [2.05, 4.69) is 12.2 Å².